The number of benzene rings is 3. The van der Waals surface area contributed by atoms with E-state index in [1.807, 2.05) is 18.2 Å². The number of Topliss-reactive ketones (excluding diaryl/α,β-unsaturated/α-hetero) is 1. The number of carboxylic acid groups (broad SMARTS) is 1. The average Bonchev–Trinajstić information content (AvgIpc) is 3.40. The van der Waals surface area contributed by atoms with Gasteiger partial charge in [-0.1, -0.05) is 85.7 Å². The number of amides is 1. The number of fused-ring (bicyclic) bond motifs is 1. The maximum atomic E-state index is 13.8. The molecule has 0 bridgehead atoms. The van der Waals surface area contributed by atoms with Gasteiger partial charge in [0.25, 0.3) is 11.7 Å². The van der Waals surface area contributed by atoms with Crippen molar-refractivity contribution >= 4 is 50.4 Å². The van der Waals surface area contributed by atoms with E-state index in [9.17, 15) is 27.9 Å². The van der Waals surface area contributed by atoms with Gasteiger partial charge in [0.1, 0.15) is 6.04 Å². The Hall–Kier alpha value is -4.71. The van der Waals surface area contributed by atoms with Crippen molar-refractivity contribution in [3.05, 3.63) is 83.9 Å². The highest BCUT2D eigenvalue weighted by Gasteiger charge is 2.50. The molecule has 0 aromatic heterocycles. The van der Waals surface area contributed by atoms with E-state index in [4.69, 9.17) is 10.4 Å². The molecule has 12 nitrogen and oxygen atoms in total. The standard InChI is InChI=1S/C30H31N5O7S/c1-19(2)28(35-43(40,41)26-14-8-12-21-11-6-7-13-22(21)26)24-17-30(42-34-24,16-20-9-4-3-5-10-20)29(39)33-23(15-27(37)38)25(36)18-32-31/h3-14,18-19,23,28,35H,15-17H2,1-2H3,(H,33,39)(H,37,38)/t23-,28-,30?/m0/s1. The Bertz CT molecular complexity index is 1710. The molecule has 43 heavy (non-hydrogen) atoms. The zero-order chi connectivity index (χ0) is 31.2. The quantitative estimate of drug-likeness (QED) is 0.152. The molecule has 13 heteroatoms. The first-order chi connectivity index (χ1) is 20.5. The number of carbonyl (C=O) groups excluding carboxylic acids is 2. The fraction of sp³-hybridized carbons (Fsp3) is 0.300. The minimum absolute atomic E-state index is 0.0182. The number of ketones is 1. The summed E-state index contributed by atoms with van der Waals surface area (Å²) in [6, 6.07) is 18.5. The molecule has 3 aromatic carbocycles. The third-order valence-electron chi connectivity index (χ3n) is 7.11. The van der Waals surface area contributed by atoms with Crippen LogP contribution in [0, 0.1) is 5.92 Å². The van der Waals surface area contributed by atoms with Crippen LogP contribution in [0.5, 0.6) is 0 Å². The van der Waals surface area contributed by atoms with Gasteiger partial charge in [0, 0.05) is 18.2 Å². The zero-order valence-electron chi connectivity index (χ0n) is 23.5. The first kappa shape index (κ1) is 31.2. The summed E-state index contributed by atoms with van der Waals surface area (Å²) in [5, 5.41) is 17.2. The smallest absolute Gasteiger partial charge is 0.325 e. The minimum atomic E-state index is -4.07. The Morgan fingerprint density at radius 3 is 2.42 bits per heavy atom. The fourth-order valence-corrected chi connectivity index (χ4v) is 6.58. The predicted octanol–water partition coefficient (Wildman–Crippen LogP) is 2.73. The molecule has 1 aliphatic rings. The summed E-state index contributed by atoms with van der Waals surface area (Å²) in [5.74, 6) is -3.45. The van der Waals surface area contributed by atoms with E-state index < -0.39 is 51.8 Å². The van der Waals surface area contributed by atoms with Crippen LogP contribution in [0.15, 0.2) is 82.8 Å². The van der Waals surface area contributed by atoms with Gasteiger partial charge in [-0.05, 0) is 22.9 Å². The maximum absolute atomic E-state index is 13.8. The lowest BCUT2D eigenvalue weighted by Crippen LogP contribution is -2.55. The van der Waals surface area contributed by atoms with Crippen molar-refractivity contribution < 1.29 is 37.5 Å². The van der Waals surface area contributed by atoms with Crippen LogP contribution in [0.3, 0.4) is 0 Å². The molecule has 3 N–H and O–H groups in total. The largest absolute Gasteiger partial charge is 0.481 e. The molecule has 0 spiro atoms. The molecule has 0 fully saturated rings. The van der Waals surface area contributed by atoms with Gasteiger partial charge in [-0.2, -0.15) is 4.79 Å². The van der Waals surface area contributed by atoms with Crippen LogP contribution in [0.4, 0.5) is 0 Å². The third-order valence-corrected chi connectivity index (χ3v) is 8.61. The van der Waals surface area contributed by atoms with Gasteiger partial charge in [0.05, 0.1) is 23.1 Å². The molecule has 1 heterocycles. The molecule has 1 aliphatic heterocycles. The summed E-state index contributed by atoms with van der Waals surface area (Å²) in [5.41, 5.74) is 7.99. The first-order valence-electron chi connectivity index (χ1n) is 13.5. The molecule has 1 unspecified atom stereocenters. The predicted molar refractivity (Wildman–Crippen MR) is 158 cm³/mol. The molecule has 224 valence electrons. The molecular weight excluding hydrogens is 574 g/mol. The SMILES string of the molecule is CC(C)[C@H](NS(=O)(=O)c1cccc2ccccc12)C1=NOC(Cc2ccccc2)(C(=O)N[C@@H](CC(=O)O)C(=O)C=[N+]=[N-])C1. The zero-order valence-corrected chi connectivity index (χ0v) is 24.3. The normalized spacial score (nSPS) is 17.8. The molecule has 0 saturated heterocycles. The number of hydrogen-bond donors (Lipinski definition) is 3. The highest BCUT2D eigenvalue weighted by molar-refractivity contribution is 7.89. The van der Waals surface area contributed by atoms with E-state index in [0.717, 1.165) is 5.39 Å². The van der Waals surface area contributed by atoms with Crippen molar-refractivity contribution in [3.8, 4) is 0 Å². The van der Waals surface area contributed by atoms with Crippen LogP contribution in [0.2, 0.25) is 0 Å². The highest BCUT2D eigenvalue weighted by Crippen LogP contribution is 2.32. The topological polar surface area (TPSA) is 188 Å². The van der Waals surface area contributed by atoms with Gasteiger partial charge >= 0.3 is 12.2 Å². The number of aliphatic carboxylic acids is 1. The monoisotopic (exact) mass is 605 g/mol. The summed E-state index contributed by atoms with van der Waals surface area (Å²) < 4.78 is 30.1. The third kappa shape index (κ3) is 7.20. The van der Waals surface area contributed by atoms with E-state index >= 15 is 0 Å². The Morgan fingerprint density at radius 2 is 1.74 bits per heavy atom. The van der Waals surface area contributed by atoms with Gasteiger partial charge in [0.2, 0.25) is 15.6 Å². The van der Waals surface area contributed by atoms with Crippen molar-refractivity contribution in [2.24, 2.45) is 11.1 Å². The van der Waals surface area contributed by atoms with E-state index in [-0.39, 0.29) is 29.4 Å². The summed E-state index contributed by atoms with van der Waals surface area (Å²) in [6.45, 7) is 3.59. The Balaban J connectivity index is 1.66. The number of nitrogens with one attached hydrogen (secondary N) is 2. The molecule has 1 amide bonds. The van der Waals surface area contributed by atoms with Crippen LogP contribution in [-0.2, 0) is 35.7 Å². The number of carboxylic acids is 1. The second kappa shape index (κ2) is 13.1. The van der Waals surface area contributed by atoms with Gasteiger partial charge in [-0.3, -0.25) is 14.4 Å². The number of rotatable bonds is 13. The lowest BCUT2D eigenvalue weighted by molar-refractivity contribution is -0.147. The van der Waals surface area contributed by atoms with Gasteiger partial charge in [0.15, 0.2) is 0 Å². The van der Waals surface area contributed by atoms with E-state index in [0.29, 0.717) is 17.2 Å². The first-order valence-corrected chi connectivity index (χ1v) is 15.0. The number of sulfonamides is 1. The van der Waals surface area contributed by atoms with Gasteiger partial charge in [-0.25, -0.2) is 13.1 Å². The Kier molecular flexibility index (Phi) is 9.50. The summed E-state index contributed by atoms with van der Waals surface area (Å²) >= 11 is 0. The Morgan fingerprint density at radius 1 is 1.07 bits per heavy atom. The van der Waals surface area contributed by atoms with Crippen molar-refractivity contribution in [2.45, 2.75) is 55.7 Å². The Labute approximate surface area is 248 Å². The molecule has 0 radical (unpaired) electrons. The number of carbonyl (C=O) groups is 3. The van der Waals surface area contributed by atoms with Crippen molar-refractivity contribution in [1.29, 1.82) is 0 Å². The van der Waals surface area contributed by atoms with Gasteiger partial charge in [-0.15, -0.1) is 0 Å². The lowest BCUT2D eigenvalue weighted by atomic mass is 9.85. The average molecular weight is 606 g/mol. The molecule has 0 aliphatic carbocycles. The van der Waals surface area contributed by atoms with Crippen LogP contribution in [-0.4, -0.2) is 65.6 Å². The molecule has 4 rings (SSSR count). The molecule has 3 aromatic rings. The fourth-order valence-electron chi connectivity index (χ4n) is 4.98. The second-order valence-electron chi connectivity index (χ2n) is 10.6. The number of oxime groups is 1. The van der Waals surface area contributed by atoms with Crippen LogP contribution < -0.4 is 10.0 Å². The summed E-state index contributed by atoms with van der Waals surface area (Å²) in [6.07, 6.45) is -0.441. The number of nitrogens with zero attached hydrogens (tertiary/aromatic N) is 3. The highest BCUT2D eigenvalue weighted by atomic mass is 32.2. The number of hydrogen-bond acceptors (Lipinski definition) is 7. The van der Waals surface area contributed by atoms with E-state index in [2.05, 4.69) is 20.0 Å². The van der Waals surface area contributed by atoms with Crippen LogP contribution in [0.1, 0.15) is 32.3 Å². The summed E-state index contributed by atoms with van der Waals surface area (Å²) in [7, 11) is -4.07. The molecule has 0 saturated carbocycles. The van der Waals surface area contributed by atoms with Crippen molar-refractivity contribution in [1.82, 2.24) is 10.0 Å². The van der Waals surface area contributed by atoms with Gasteiger partial charge < -0.3 is 20.8 Å². The molecular formula is C30H31N5O7S. The maximum Gasteiger partial charge on any atom is 0.325 e. The van der Waals surface area contributed by atoms with E-state index in [1.54, 1.807) is 62.4 Å². The summed E-state index contributed by atoms with van der Waals surface area (Å²) in [4.78, 5) is 46.1. The van der Waals surface area contributed by atoms with E-state index in [1.165, 1.54) is 6.07 Å². The van der Waals surface area contributed by atoms with Crippen LogP contribution >= 0.6 is 0 Å². The van der Waals surface area contributed by atoms with Crippen molar-refractivity contribution in [2.75, 3.05) is 0 Å². The molecule has 3 atom stereocenters. The van der Waals surface area contributed by atoms with Crippen LogP contribution in [0.25, 0.3) is 16.3 Å². The second-order valence-corrected chi connectivity index (χ2v) is 12.3. The lowest BCUT2D eigenvalue weighted by Gasteiger charge is -2.28. The van der Waals surface area contributed by atoms with Crippen molar-refractivity contribution in [3.63, 3.8) is 0 Å². The minimum Gasteiger partial charge on any atom is -0.481 e.